The minimum Gasteiger partial charge on any atom is -0.507 e. The van der Waals surface area contributed by atoms with Gasteiger partial charge in [-0.25, -0.2) is 0 Å². The summed E-state index contributed by atoms with van der Waals surface area (Å²) >= 11 is 0. The molecule has 2 aromatic carbocycles. The van der Waals surface area contributed by atoms with Crippen LogP contribution in [0.5, 0.6) is 11.5 Å². The molecule has 0 aromatic heterocycles. The summed E-state index contributed by atoms with van der Waals surface area (Å²) in [4.78, 5) is 27.2. The van der Waals surface area contributed by atoms with Gasteiger partial charge in [-0.3, -0.25) is 9.59 Å². The molecule has 164 valence electrons. The Kier molecular flexibility index (Phi) is 7.31. The number of aliphatic hydroxyl groups excluding tert-OH is 1. The van der Waals surface area contributed by atoms with E-state index in [1.54, 1.807) is 42.5 Å². The lowest BCUT2D eigenvalue weighted by molar-refractivity contribution is -0.140. The first-order chi connectivity index (χ1) is 15.0. The number of Topliss-reactive ketones (excluding diaryl/α,β-unsaturated/α-hetero) is 1. The van der Waals surface area contributed by atoms with Crippen LogP contribution in [0.1, 0.15) is 31.0 Å². The number of likely N-dealkylation sites (tertiary alicyclic amines) is 1. The van der Waals surface area contributed by atoms with Crippen molar-refractivity contribution in [2.75, 3.05) is 33.5 Å². The first kappa shape index (κ1) is 22.4. The van der Waals surface area contributed by atoms with E-state index in [1.807, 2.05) is 19.9 Å². The molecule has 1 unspecified atom stereocenters. The summed E-state index contributed by atoms with van der Waals surface area (Å²) in [5, 5.41) is 11.0. The van der Waals surface area contributed by atoms with Crippen LogP contribution in [0.25, 0.3) is 5.76 Å². The zero-order valence-electron chi connectivity index (χ0n) is 18.0. The van der Waals surface area contributed by atoms with Crippen molar-refractivity contribution in [1.82, 2.24) is 4.90 Å². The van der Waals surface area contributed by atoms with Crippen molar-refractivity contribution < 1.29 is 28.9 Å². The van der Waals surface area contributed by atoms with Gasteiger partial charge in [0.05, 0.1) is 31.4 Å². The molecule has 3 rings (SSSR count). The average molecular weight is 425 g/mol. The van der Waals surface area contributed by atoms with Gasteiger partial charge in [-0.15, -0.1) is 0 Å². The van der Waals surface area contributed by atoms with E-state index in [-0.39, 0.29) is 24.5 Å². The largest absolute Gasteiger partial charge is 0.507 e. The second-order valence-electron chi connectivity index (χ2n) is 6.92. The van der Waals surface area contributed by atoms with Gasteiger partial charge in [-0.2, -0.15) is 0 Å². The van der Waals surface area contributed by atoms with Gasteiger partial charge in [0.2, 0.25) is 0 Å². The zero-order chi connectivity index (χ0) is 22.4. The number of hydrogen-bond acceptors (Lipinski definition) is 6. The Labute approximate surface area is 181 Å². The van der Waals surface area contributed by atoms with Gasteiger partial charge in [-0.1, -0.05) is 36.4 Å². The second kappa shape index (κ2) is 10.1. The molecule has 1 fully saturated rings. The summed E-state index contributed by atoms with van der Waals surface area (Å²) in [6.45, 7) is 5.10. The summed E-state index contributed by atoms with van der Waals surface area (Å²) in [7, 11) is 1.53. The lowest BCUT2D eigenvalue weighted by Gasteiger charge is -2.26. The molecule has 0 aliphatic carbocycles. The summed E-state index contributed by atoms with van der Waals surface area (Å²) in [5.41, 5.74) is 1.15. The first-order valence-corrected chi connectivity index (χ1v) is 10.3. The Hall–Kier alpha value is -3.32. The smallest absolute Gasteiger partial charge is 0.295 e. The molecule has 1 N–H and O–H groups in total. The highest BCUT2D eigenvalue weighted by atomic mass is 16.5. The van der Waals surface area contributed by atoms with E-state index in [0.29, 0.717) is 35.8 Å². The molecular formula is C24H27NO6. The van der Waals surface area contributed by atoms with Gasteiger partial charge in [0.25, 0.3) is 11.7 Å². The van der Waals surface area contributed by atoms with E-state index in [2.05, 4.69) is 0 Å². The van der Waals surface area contributed by atoms with Crippen LogP contribution >= 0.6 is 0 Å². The number of nitrogens with zero attached hydrogens (tertiary/aromatic N) is 1. The molecule has 1 saturated heterocycles. The number of hydrogen-bond donors (Lipinski definition) is 1. The van der Waals surface area contributed by atoms with E-state index >= 15 is 0 Å². The Balaban J connectivity index is 2.16. The molecule has 2 aromatic rings. The fourth-order valence-corrected chi connectivity index (χ4v) is 3.64. The number of methoxy groups -OCH3 is 1. The Morgan fingerprint density at radius 3 is 2.32 bits per heavy atom. The van der Waals surface area contributed by atoms with Crippen LogP contribution in [0.15, 0.2) is 54.1 Å². The van der Waals surface area contributed by atoms with Crippen LogP contribution in [0.3, 0.4) is 0 Å². The number of ether oxygens (including phenoxy) is 3. The van der Waals surface area contributed by atoms with Crippen LogP contribution in [0, 0.1) is 0 Å². The van der Waals surface area contributed by atoms with Crippen molar-refractivity contribution in [3.05, 3.63) is 65.2 Å². The van der Waals surface area contributed by atoms with Crippen molar-refractivity contribution in [3.8, 4) is 11.5 Å². The van der Waals surface area contributed by atoms with E-state index in [4.69, 9.17) is 14.2 Å². The number of benzene rings is 2. The molecule has 7 nitrogen and oxygen atoms in total. The molecule has 1 aliphatic heterocycles. The second-order valence-corrected chi connectivity index (χ2v) is 6.92. The first-order valence-electron chi connectivity index (χ1n) is 10.3. The van der Waals surface area contributed by atoms with Gasteiger partial charge in [0.1, 0.15) is 5.76 Å². The number of carbonyl (C=O) groups is 2. The number of amides is 1. The van der Waals surface area contributed by atoms with Gasteiger partial charge in [0, 0.05) is 19.2 Å². The van der Waals surface area contributed by atoms with E-state index in [1.165, 1.54) is 12.0 Å². The molecule has 31 heavy (non-hydrogen) atoms. The lowest BCUT2D eigenvalue weighted by atomic mass is 9.95. The predicted molar refractivity (Wildman–Crippen MR) is 116 cm³/mol. The van der Waals surface area contributed by atoms with Gasteiger partial charge < -0.3 is 24.2 Å². The number of rotatable bonds is 9. The fourth-order valence-electron chi connectivity index (χ4n) is 3.64. The molecule has 7 heteroatoms. The minimum atomic E-state index is -0.773. The monoisotopic (exact) mass is 425 g/mol. The van der Waals surface area contributed by atoms with Crippen LogP contribution in [0.4, 0.5) is 0 Å². The van der Waals surface area contributed by atoms with Crippen LogP contribution in [-0.4, -0.2) is 55.2 Å². The van der Waals surface area contributed by atoms with Crippen LogP contribution < -0.4 is 9.47 Å². The molecule has 0 radical (unpaired) electrons. The van der Waals surface area contributed by atoms with Crippen molar-refractivity contribution >= 4 is 17.4 Å². The summed E-state index contributed by atoms with van der Waals surface area (Å²) in [6, 6.07) is 13.2. The highest BCUT2D eigenvalue weighted by Crippen LogP contribution is 2.41. The molecule has 1 aliphatic rings. The molecule has 0 bridgehead atoms. The summed E-state index contributed by atoms with van der Waals surface area (Å²) in [5.74, 6) is -0.528. The van der Waals surface area contributed by atoms with E-state index in [9.17, 15) is 14.7 Å². The minimum absolute atomic E-state index is 0.0407. The third-order valence-electron chi connectivity index (χ3n) is 5.01. The Morgan fingerprint density at radius 1 is 1.00 bits per heavy atom. The Morgan fingerprint density at radius 2 is 1.68 bits per heavy atom. The molecule has 0 spiro atoms. The maximum absolute atomic E-state index is 13.0. The highest BCUT2D eigenvalue weighted by Gasteiger charge is 2.46. The molecule has 1 heterocycles. The summed E-state index contributed by atoms with van der Waals surface area (Å²) < 4.78 is 16.5. The summed E-state index contributed by atoms with van der Waals surface area (Å²) in [6.07, 6.45) is 0. The van der Waals surface area contributed by atoms with Gasteiger partial charge in [-0.05, 0) is 31.5 Å². The van der Waals surface area contributed by atoms with E-state index in [0.717, 1.165) is 0 Å². The quantitative estimate of drug-likeness (QED) is 0.376. The topological polar surface area (TPSA) is 85.3 Å². The van der Waals surface area contributed by atoms with Gasteiger partial charge in [0.15, 0.2) is 11.5 Å². The normalized spacial score (nSPS) is 17.8. The number of carbonyl (C=O) groups excluding carboxylic acids is 2. The average Bonchev–Trinajstić information content (AvgIpc) is 3.04. The SMILES string of the molecule is CCOc1ccc(C2/C(=C(\O)c3ccccc3)C(=O)C(=O)N2CCOC)cc1OCC. The van der Waals surface area contributed by atoms with Crippen LogP contribution in [0.2, 0.25) is 0 Å². The van der Waals surface area contributed by atoms with Crippen molar-refractivity contribution in [1.29, 1.82) is 0 Å². The van der Waals surface area contributed by atoms with Gasteiger partial charge >= 0.3 is 0 Å². The lowest BCUT2D eigenvalue weighted by Crippen LogP contribution is -2.32. The third kappa shape index (κ3) is 4.56. The van der Waals surface area contributed by atoms with Crippen molar-refractivity contribution in [2.24, 2.45) is 0 Å². The standard InChI is InChI=1S/C24H27NO6/c1-4-30-18-12-11-17(15-19(18)31-5-2)21-20(22(26)16-9-7-6-8-10-16)23(27)24(28)25(21)13-14-29-3/h6-12,15,21,26H,4-5,13-14H2,1-3H3/b22-20+. The molecule has 1 atom stereocenters. The maximum Gasteiger partial charge on any atom is 0.295 e. The number of ketones is 1. The van der Waals surface area contributed by atoms with Crippen molar-refractivity contribution in [3.63, 3.8) is 0 Å². The molecule has 1 amide bonds. The zero-order valence-corrected chi connectivity index (χ0v) is 18.0. The Bertz CT molecular complexity index is 969. The fraction of sp³-hybridized carbons (Fsp3) is 0.333. The van der Waals surface area contributed by atoms with E-state index < -0.39 is 17.7 Å². The molecule has 0 saturated carbocycles. The van der Waals surface area contributed by atoms with Crippen LogP contribution in [-0.2, 0) is 14.3 Å². The maximum atomic E-state index is 13.0. The third-order valence-corrected chi connectivity index (χ3v) is 5.01. The highest BCUT2D eigenvalue weighted by molar-refractivity contribution is 6.46. The molecular weight excluding hydrogens is 398 g/mol. The number of aliphatic hydroxyl groups is 1. The van der Waals surface area contributed by atoms with Crippen molar-refractivity contribution in [2.45, 2.75) is 19.9 Å². The predicted octanol–water partition coefficient (Wildman–Crippen LogP) is 3.55.